The van der Waals surface area contributed by atoms with Crippen LogP contribution < -0.4 is 0 Å². The van der Waals surface area contributed by atoms with Gasteiger partial charge >= 0.3 is 0 Å². The average Bonchev–Trinajstić information content (AvgIpc) is 3.04. The molecule has 0 spiro atoms. The molecule has 0 radical (unpaired) electrons. The van der Waals surface area contributed by atoms with Crippen LogP contribution in [0.15, 0.2) is 157 Å². The minimum Gasteiger partial charge on any atom is -0.278 e. The average molecular weight is 525 g/mol. The molecule has 7 rings (SSSR count). The fourth-order valence-electron chi connectivity index (χ4n) is 5.71. The Hall–Kier alpha value is -5.34. The number of hydrogen-bond donors (Lipinski definition) is 0. The Morgan fingerprint density at radius 2 is 1.44 bits per heavy atom. The van der Waals surface area contributed by atoms with E-state index in [4.69, 9.17) is 4.99 Å². The van der Waals surface area contributed by atoms with Crippen LogP contribution in [0.5, 0.6) is 0 Å². The zero-order valence-corrected chi connectivity index (χ0v) is 22.7. The maximum absolute atomic E-state index is 4.99. The highest BCUT2D eigenvalue weighted by molar-refractivity contribution is 6.17. The number of aliphatic imine (C=N–C) groups is 1. The summed E-state index contributed by atoms with van der Waals surface area (Å²) in [6.07, 6.45) is 9.77. The Morgan fingerprint density at radius 3 is 2.29 bits per heavy atom. The van der Waals surface area contributed by atoms with Crippen LogP contribution in [0.4, 0.5) is 0 Å². The van der Waals surface area contributed by atoms with Crippen molar-refractivity contribution in [1.82, 2.24) is 4.98 Å². The van der Waals surface area contributed by atoms with Gasteiger partial charge in [-0.25, -0.2) is 0 Å². The van der Waals surface area contributed by atoms with Crippen molar-refractivity contribution in [1.29, 1.82) is 0 Å². The molecule has 5 aromatic carbocycles. The smallest absolute Gasteiger partial charge is 0.0960 e. The van der Waals surface area contributed by atoms with E-state index in [9.17, 15) is 0 Å². The topological polar surface area (TPSA) is 25.2 Å². The lowest BCUT2D eigenvalue weighted by Gasteiger charge is -2.15. The lowest BCUT2D eigenvalue weighted by atomic mass is 9.92. The van der Waals surface area contributed by atoms with Gasteiger partial charge in [-0.3, -0.25) is 9.98 Å². The standard InChI is InChI=1S/C39H28N2/c1-2-9-29-21-22-30-13-8-23-40-38(30)39(29)41-26-27-17-19-28(20-18-27)31-11-7-12-32(24-31)37-25-33-10-3-4-14-34(33)35-15-5-6-16-36(35)37/h2-25H,1,26H2/b29-9-,41-39+. The molecule has 0 aliphatic heterocycles. The van der Waals surface area contributed by atoms with E-state index >= 15 is 0 Å². The van der Waals surface area contributed by atoms with Crippen molar-refractivity contribution in [2.75, 3.05) is 0 Å². The number of hydrogen-bond acceptors (Lipinski definition) is 2. The molecule has 0 atom stereocenters. The summed E-state index contributed by atoms with van der Waals surface area (Å²) in [6.45, 7) is 4.45. The summed E-state index contributed by atoms with van der Waals surface area (Å²) in [6, 6.07) is 41.3. The van der Waals surface area contributed by atoms with Crippen LogP contribution in [-0.4, -0.2) is 10.7 Å². The van der Waals surface area contributed by atoms with E-state index in [1.807, 2.05) is 18.3 Å². The third-order valence-electron chi connectivity index (χ3n) is 7.73. The van der Waals surface area contributed by atoms with Crippen molar-refractivity contribution in [2.45, 2.75) is 6.54 Å². The maximum Gasteiger partial charge on any atom is 0.0960 e. The third-order valence-corrected chi connectivity index (χ3v) is 7.73. The van der Waals surface area contributed by atoms with Gasteiger partial charge in [-0.15, -0.1) is 0 Å². The zero-order valence-electron chi connectivity index (χ0n) is 22.7. The number of nitrogens with zero attached hydrogens (tertiary/aromatic N) is 2. The summed E-state index contributed by atoms with van der Waals surface area (Å²) in [5, 5.41) is 5.11. The summed E-state index contributed by atoms with van der Waals surface area (Å²) in [7, 11) is 0. The summed E-state index contributed by atoms with van der Waals surface area (Å²) in [4.78, 5) is 9.60. The monoisotopic (exact) mass is 524 g/mol. The molecule has 41 heavy (non-hydrogen) atoms. The Morgan fingerprint density at radius 1 is 0.659 bits per heavy atom. The first-order valence-electron chi connectivity index (χ1n) is 13.9. The van der Waals surface area contributed by atoms with E-state index in [2.05, 4.69) is 133 Å². The normalized spacial score (nSPS) is 14.5. The summed E-state index contributed by atoms with van der Waals surface area (Å²) >= 11 is 0. The Bertz CT molecular complexity index is 2020. The molecule has 2 nitrogen and oxygen atoms in total. The molecule has 2 heteroatoms. The van der Waals surface area contributed by atoms with E-state index in [-0.39, 0.29) is 0 Å². The minimum atomic E-state index is 0.580. The molecule has 194 valence electrons. The predicted molar refractivity (Wildman–Crippen MR) is 174 cm³/mol. The lowest BCUT2D eigenvalue weighted by molar-refractivity contribution is 1.06. The van der Waals surface area contributed by atoms with Gasteiger partial charge in [0.2, 0.25) is 0 Å². The molecule has 0 unspecified atom stereocenters. The first-order valence-corrected chi connectivity index (χ1v) is 13.9. The Labute approximate surface area is 240 Å². The number of allylic oxidation sites excluding steroid dienone is 4. The molecule has 0 saturated heterocycles. The predicted octanol–water partition coefficient (Wildman–Crippen LogP) is 9.85. The maximum atomic E-state index is 4.99. The Balaban J connectivity index is 1.20. The Kier molecular flexibility index (Phi) is 6.42. The van der Waals surface area contributed by atoms with Crippen molar-refractivity contribution in [2.24, 2.45) is 4.99 Å². The van der Waals surface area contributed by atoms with Crippen molar-refractivity contribution >= 4 is 33.3 Å². The minimum absolute atomic E-state index is 0.580. The fourth-order valence-corrected chi connectivity index (χ4v) is 5.71. The molecule has 1 aromatic heterocycles. The second-order valence-electron chi connectivity index (χ2n) is 10.3. The quantitative estimate of drug-likeness (QED) is 0.206. The molecule has 0 amide bonds. The highest BCUT2D eigenvalue weighted by Crippen LogP contribution is 2.36. The molecule has 0 saturated carbocycles. The van der Waals surface area contributed by atoms with Crippen LogP contribution in [0.25, 0.3) is 49.9 Å². The van der Waals surface area contributed by atoms with Crippen LogP contribution in [0.2, 0.25) is 0 Å². The van der Waals surface area contributed by atoms with Crippen molar-refractivity contribution in [3.05, 3.63) is 169 Å². The number of pyridine rings is 1. The highest BCUT2D eigenvalue weighted by Gasteiger charge is 2.16. The van der Waals surface area contributed by atoms with Crippen molar-refractivity contribution in [3.63, 3.8) is 0 Å². The van der Waals surface area contributed by atoms with Gasteiger partial charge in [0.15, 0.2) is 0 Å². The van der Waals surface area contributed by atoms with Gasteiger partial charge in [-0.1, -0.05) is 128 Å². The summed E-state index contributed by atoms with van der Waals surface area (Å²) in [5.41, 5.74) is 9.95. The second kappa shape index (κ2) is 10.7. The molecule has 1 aliphatic rings. The van der Waals surface area contributed by atoms with Crippen LogP contribution in [-0.2, 0) is 6.54 Å². The van der Waals surface area contributed by atoms with E-state index in [1.165, 1.54) is 43.8 Å². The number of benzene rings is 5. The van der Waals surface area contributed by atoms with Gasteiger partial charge < -0.3 is 0 Å². The van der Waals surface area contributed by atoms with Crippen LogP contribution >= 0.6 is 0 Å². The third kappa shape index (κ3) is 4.70. The first-order chi connectivity index (χ1) is 20.3. The molecule has 0 bridgehead atoms. The van der Waals surface area contributed by atoms with Gasteiger partial charge in [0.25, 0.3) is 0 Å². The molecular weight excluding hydrogens is 496 g/mol. The van der Waals surface area contributed by atoms with Gasteiger partial charge in [-0.05, 0) is 67.6 Å². The fraction of sp³-hybridized carbons (Fsp3) is 0.0256. The first kappa shape index (κ1) is 24.7. The number of fused-ring (bicyclic) bond motifs is 4. The number of aromatic nitrogens is 1. The van der Waals surface area contributed by atoms with E-state index in [0.717, 1.165) is 28.1 Å². The van der Waals surface area contributed by atoms with Gasteiger partial charge in [0, 0.05) is 17.3 Å². The van der Waals surface area contributed by atoms with E-state index in [0.29, 0.717) is 6.54 Å². The molecule has 0 fully saturated rings. The molecule has 6 aromatic rings. The van der Waals surface area contributed by atoms with Gasteiger partial charge in [0.1, 0.15) is 0 Å². The van der Waals surface area contributed by atoms with Crippen molar-refractivity contribution in [3.8, 4) is 22.3 Å². The molecule has 0 N–H and O–H groups in total. The SMILES string of the molecule is C=C/C=C1/C=Cc2cccnc2/C1=N/Cc1ccc(-c2cccc(-c3cc4ccccc4c4ccccc34)c2)cc1. The summed E-state index contributed by atoms with van der Waals surface area (Å²) < 4.78 is 0. The van der Waals surface area contributed by atoms with Gasteiger partial charge in [-0.2, -0.15) is 0 Å². The number of rotatable bonds is 5. The van der Waals surface area contributed by atoms with Crippen LogP contribution in [0, 0.1) is 0 Å². The molecular formula is C39H28N2. The lowest BCUT2D eigenvalue weighted by Crippen LogP contribution is -2.12. The van der Waals surface area contributed by atoms with Crippen molar-refractivity contribution < 1.29 is 0 Å². The second-order valence-corrected chi connectivity index (χ2v) is 10.3. The highest BCUT2D eigenvalue weighted by atomic mass is 14.8. The van der Waals surface area contributed by atoms with E-state index < -0.39 is 0 Å². The van der Waals surface area contributed by atoms with Crippen LogP contribution in [0.3, 0.4) is 0 Å². The molecule has 1 aliphatic carbocycles. The largest absolute Gasteiger partial charge is 0.278 e. The zero-order chi connectivity index (χ0) is 27.6. The van der Waals surface area contributed by atoms with Gasteiger partial charge in [0.05, 0.1) is 18.0 Å². The van der Waals surface area contributed by atoms with E-state index in [1.54, 1.807) is 6.08 Å². The van der Waals surface area contributed by atoms with Crippen LogP contribution in [0.1, 0.15) is 16.8 Å². The molecule has 1 heterocycles. The summed E-state index contributed by atoms with van der Waals surface area (Å²) in [5.74, 6) is 0.